The van der Waals surface area contributed by atoms with Crippen LogP contribution in [0.4, 0.5) is 5.69 Å². The molecule has 0 saturated carbocycles. The number of aryl methyl sites for hydroxylation is 1. The predicted molar refractivity (Wildman–Crippen MR) is 146 cm³/mol. The number of hydrogen-bond acceptors (Lipinski definition) is 5. The quantitative estimate of drug-likeness (QED) is 0.614. The molecule has 2 amide bonds. The topological polar surface area (TPSA) is 62.3 Å². The van der Waals surface area contributed by atoms with Crippen LogP contribution in [0.15, 0.2) is 48.5 Å². The van der Waals surface area contributed by atoms with Gasteiger partial charge in [0.05, 0.1) is 12.0 Å². The Labute approximate surface area is 221 Å². The Morgan fingerprint density at radius 1 is 1.00 bits per heavy atom. The van der Waals surface area contributed by atoms with Gasteiger partial charge in [0.25, 0.3) is 5.91 Å². The van der Waals surface area contributed by atoms with Gasteiger partial charge in [-0.1, -0.05) is 37.1 Å². The number of nitrogens with zero attached hydrogens (tertiary/aromatic N) is 3. The molecule has 2 aliphatic heterocycles. The number of amides is 2. The first kappa shape index (κ1) is 26.8. The van der Waals surface area contributed by atoms with E-state index in [1.165, 1.54) is 5.56 Å². The summed E-state index contributed by atoms with van der Waals surface area (Å²) in [5.74, 6) is 1.78. The third-order valence-corrected chi connectivity index (χ3v) is 7.83. The normalized spacial score (nSPS) is 18.6. The van der Waals surface area contributed by atoms with Crippen LogP contribution < -0.4 is 14.4 Å². The molecule has 2 heterocycles. The number of anilines is 1. The van der Waals surface area contributed by atoms with Crippen LogP contribution in [0.3, 0.4) is 0 Å². The van der Waals surface area contributed by atoms with Crippen LogP contribution in [0.25, 0.3) is 0 Å². The van der Waals surface area contributed by atoms with Crippen molar-refractivity contribution in [3.8, 4) is 11.5 Å². The third-order valence-electron chi connectivity index (χ3n) is 7.83. The number of rotatable bonds is 4. The van der Waals surface area contributed by atoms with E-state index < -0.39 is 5.41 Å². The lowest BCUT2D eigenvalue weighted by atomic mass is 9.73. The lowest BCUT2D eigenvalue weighted by Gasteiger charge is -2.42. The van der Waals surface area contributed by atoms with E-state index in [4.69, 9.17) is 9.47 Å². The Bertz CT molecular complexity index is 1060. The second-order valence-electron chi connectivity index (χ2n) is 10.6. The number of likely N-dealkylation sites (tertiary alicyclic amines) is 1. The molecule has 2 aromatic carbocycles. The van der Waals surface area contributed by atoms with Gasteiger partial charge in [-0.25, -0.2) is 0 Å². The smallest absolute Gasteiger partial charge is 0.260 e. The van der Waals surface area contributed by atoms with Crippen LogP contribution in [0.5, 0.6) is 11.5 Å². The van der Waals surface area contributed by atoms with Gasteiger partial charge in [0.15, 0.2) is 6.61 Å². The van der Waals surface area contributed by atoms with Crippen LogP contribution in [-0.4, -0.2) is 75.6 Å². The molecule has 0 aromatic heterocycles. The average molecular weight is 508 g/mol. The summed E-state index contributed by atoms with van der Waals surface area (Å²) in [7, 11) is 5.83. The van der Waals surface area contributed by atoms with E-state index in [0.717, 1.165) is 43.5 Å². The van der Waals surface area contributed by atoms with Gasteiger partial charge in [-0.15, -0.1) is 0 Å². The zero-order chi connectivity index (χ0) is 26.3. The SMILES string of the molecule is CN1CCOc2ccccc2CCCCCC2(CCN(C(=O)COc3cccc(N(C)C)c3)CC2)C1=O. The van der Waals surface area contributed by atoms with Crippen LogP contribution in [-0.2, 0) is 16.0 Å². The summed E-state index contributed by atoms with van der Waals surface area (Å²) in [4.78, 5) is 32.3. The lowest BCUT2D eigenvalue weighted by molar-refractivity contribution is -0.148. The Kier molecular flexibility index (Phi) is 8.95. The maximum absolute atomic E-state index is 13.7. The zero-order valence-electron chi connectivity index (χ0n) is 22.6. The van der Waals surface area contributed by atoms with Gasteiger partial charge in [0.2, 0.25) is 5.91 Å². The molecule has 1 fully saturated rings. The molecule has 0 radical (unpaired) electrons. The largest absolute Gasteiger partial charge is 0.491 e. The average Bonchev–Trinajstić information content (AvgIpc) is 2.92. The molecule has 0 bridgehead atoms. The van der Waals surface area contributed by atoms with Crippen LogP contribution in [0, 0.1) is 5.41 Å². The number of fused-ring (bicyclic) bond motifs is 1. The predicted octanol–water partition coefficient (Wildman–Crippen LogP) is 4.39. The first-order valence-electron chi connectivity index (χ1n) is 13.5. The summed E-state index contributed by atoms with van der Waals surface area (Å²) >= 11 is 0. The van der Waals surface area contributed by atoms with Crippen LogP contribution in [0.1, 0.15) is 44.1 Å². The second kappa shape index (κ2) is 12.3. The van der Waals surface area contributed by atoms with Crippen molar-refractivity contribution >= 4 is 17.5 Å². The number of ether oxygens (including phenoxy) is 2. The van der Waals surface area contributed by atoms with Gasteiger partial charge in [-0.05, 0) is 55.9 Å². The van der Waals surface area contributed by atoms with Gasteiger partial charge in [-0.2, -0.15) is 0 Å². The van der Waals surface area contributed by atoms with E-state index in [-0.39, 0.29) is 18.4 Å². The van der Waals surface area contributed by atoms with E-state index in [1.807, 2.05) is 72.2 Å². The molecule has 1 spiro atoms. The molecule has 2 aliphatic rings. The van der Waals surface area contributed by atoms with Gasteiger partial charge in [-0.3, -0.25) is 9.59 Å². The molecule has 0 atom stereocenters. The van der Waals surface area contributed by atoms with E-state index in [9.17, 15) is 9.59 Å². The summed E-state index contributed by atoms with van der Waals surface area (Å²) in [5.41, 5.74) is 1.86. The minimum absolute atomic E-state index is 0.00955. The number of likely N-dealkylation sites (N-methyl/N-ethyl adjacent to an activating group) is 1. The molecule has 0 aliphatic carbocycles. The summed E-state index contributed by atoms with van der Waals surface area (Å²) in [6.45, 7) is 2.21. The molecule has 37 heavy (non-hydrogen) atoms. The Morgan fingerprint density at radius 3 is 2.57 bits per heavy atom. The summed E-state index contributed by atoms with van der Waals surface area (Å²) < 4.78 is 11.9. The van der Waals surface area contributed by atoms with Gasteiger partial charge < -0.3 is 24.2 Å². The van der Waals surface area contributed by atoms with E-state index in [1.54, 1.807) is 0 Å². The highest BCUT2D eigenvalue weighted by Gasteiger charge is 2.43. The molecule has 200 valence electrons. The zero-order valence-corrected chi connectivity index (χ0v) is 22.6. The number of para-hydroxylation sites is 1. The highest BCUT2D eigenvalue weighted by Crippen LogP contribution is 2.39. The summed E-state index contributed by atoms with van der Waals surface area (Å²) in [6, 6.07) is 16.0. The molecular formula is C30H41N3O4. The first-order valence-corrected chi connectivity index (χ1v) is 13.5. The first-order chi connectivity index (χ1) is 17.9. The monoisotopic (exact) mass is 507 g/mol. The van der Waals surface area contributed by atoms with Crippen molar-refractivity contribution in [1.29, 1.82) is 0 Å². The molecule has 7 heteroatoms. The molecule has 4 rings (SSSR count). The van der Waals surface area contributed by atoms with E-state index in [0.29, 0.717) is 44.8 Å². The van der Waals surface area contributed by atoms with Crippen molar-refractivity contribution < 1.29 is 19.1 Å². The molecule has 7 nitrogen and oxygen atoms in total. The highest BCUT2D eigenvalue weighted by atomic mass is 16.5. The van der Waals surface area contributed by atoms with E-state index in [2.05, 4.69) is 12.1 Å². The Morgan fingerprint density at radius 2 is 1.78 bits per heavy atom. The van der Waals surface area contributed by atoms with Crippen molar-refractivity contribution in [3.05, 3.63) is 54.1 Å². The Balaban J connectivity index is 1.35. The molecule has 0 unspecified atom stereocenters. The Hall–Kier alpha value is -3.22. The number of carbonyl (C=O) groups is 2. The molecule has 1 saturated heterocycles. The standard InChI is InChI=1S/C30H41N3O4/c1-31(2)25-12-9-13-26(22-25)37-23-28(34)33-18-16-30(17-19-33)15-8-4-5-10-24-11-6-7-14-27(24)36-21-20-32(3)29(30)35/h6-7,9,11-14,22H,4-5,8,10,15-21,23H2,1-3H3. The fraction of sp³-hybridized carbons (Fsp3) is 0.533. The summed E-state index contributed by atoms with van der Waals surface area (Å²) in [6.07, 6.45) is 6.42. The van der Waals surface area contributed by atoms with Crippen molar-refractivity contribution in [2.75, 3.05) is 58.9 Å². The molecular weight excluding hydrogens is 466 g/mol. The van der Waals surface area contributed by atoms with Crippen molar-refractivity contribution in [2.45, 2.75) is 44.9 Å². The minimum atomic E-state index is -0.409. The molecule has 2 aromatic rings. The third kappa shape index (κ3) is 6.76. The minimum Gasteiger partial charge on any atom is -0.491 e. The maximum atomic E-state index is 13.7. The summed E-state index contributed by atoms with van der Waals surface area (Å²) in [5, 5.41) is 0. The number of piperidine rings is 1. The lowest BCUT2D eigenvalue weighted by Crippen LogP contribution is -2.51. The van der Waals surface area contributed by atoms with Gasteiger partial charge in [0, 0.05) is 46.0 Å². The van der Waals surface area contributed by atoms with Crippen molar-refractivity contribution in [1.82, 2.24) is 9.80 Å². The van der Waals surface area contributed by atoms with Crippen molar-refractivity contribution in [2.24, 2.45) is 5.41 Å². The fourth-order valence-electron chi connectivity index (χ4n) is 5.45. The number of carbonyl (C=O) groups excluding carboxylic acids is 2. The van der Waals surface area contributed by atoms with E-state index >= 15 is 0 Å². The van der Waals surface area contributed by atoms with Crippen LogP contribution >= 0.6 is 0 Å². The van der Waals surface area contributed by atoms with Crippen LogP contribution in [0.2, 0.25) is 0 Å². The van der Waals surface area contributed by atoms with Gasteiger partial charge in [0.1, 0.15) is 18.1 Å². The fourth-order valence-corrected chi connectivity index (χ4v) is 5.45. The maximum Gasteiger partial charge on any atom is 0.260 e. The van der Waals surface area contributed by atoms with Gasteiger partial charge >= 0.3 is 0 Å². The highest BCUT2D eigenvalue weighted by molar-refractivity contribution is 5.83. The molecule has 0 N–H and O–H groups in total. The number of benzene rings is 2. The number of hydrogen-bond donors (Lipinski definition) is 0. The van der Waals surface area contributed by atoms with Crippen molar-refractivity contribution in [3.63, 3.8) is 0 Å². The second-order valence-corrected chi connectivity index (χ2v) is 10.6.